The number of aliphatic hydroxyl groups excluding tert-OH is 2. The number of rotatable bonds is 12. The molecule has 11 heteroatoms. The van der Waals surface area contributed by atoms with E-state index in [-0.39, 0.29) is 55.7 Å². The Kier molecular flexibility index (Phi) is 11.9. The fourth-order valence-electron chi connectivity index (χ4n) is 4.09. The number of aliphatic hydroxyl groups is 2. The van der Waals surface area contributed by atoms with Gasteiger partial charge in [-0.15, -0.1) is 0 Å². The number of carboxylic acids is 1. The maximum atomic E-state index is 12.5. The molecule has 0 bridgehead atoms. The molecule has 5 N–H and O–H groups in total. The molecule has 1 heterocycles. The Labute approximate surface area is 259 Å². The van der Waals surface area contributed by atoms with Crippen LogP contribution in [0.5, 0.6) is 11.5 Å². The smallest absolute Gasteiger partial charge is 1.00 e. The van der Waals surface area contributed by atoms with Gasteiger partial charge in [0.2, 0.25) is 0 Å². The Morgan fingerprint density at radius 3 is 2.50 bits per heavy atom. The average molecular weight is 574 g/mol. The van der Waals surface area contributed by atoms with Gasteiger partial charge in [-0.25, -0.2) is 0 Å². The van der Waals surface area contributed by atoms with Gasteiger partial charge >= 0.3 is 35.5 Å². The van der Waals surface area contributed by atoms with Crippen LogP contribution in [0, 0.1) is 0 Å². The molecule has 0 aliphatic rings. The molecule has 0 saturated heterocycles. The van der Waals surface area contributed by atoms with Gasteiger partial charge in [-0.2, -0.15) is 0 Å². The fourth-order valence-corrected chi connectivity index (χ4v) is 4.29. The summed E-state index contributed by atoms with van der Waals surface area (Å²) in [4.78, 5) is 27.6. The number of nitrogens with one attached hydrogen (secondary N) is 2. The molecule has 4 aromatic rings. The van der Waals surface area contributed by atoms with Crippen molar-refractivity contribution in [1.29, 1.82) is 0 Å². The molecule has 3 aromatic carbocycles. The fraction of sp³-hybridized carbons (Fsp3) is 0.207. The number of carbonyl (C=O) groups excluding carboxylic acids is 1. The number of para-hydroxylation sites is 1. The van der Waals surface area contributed by atoms with Crippen molar-refractivity contribution in [2.75, 3.05) is 19.7 Å². The van der Waals surface area contributed by atoms with Gasteiger partial charge in [0.05, 0.1) is 23.8 Å². The summed E-state index contributed by atoms with van der Waals surface area (Å²) in [5.41, 5.74) is 2.30. The molecule has 1 amide bonds. The van der Waals surface area contributed by atoms with E-state index in [2.05, 4.69) is 15.6 Å². The number of aromatic nitrogens is 1. The maximum absolute atomic E-state index is 12.5. The van der Waals surface area contributed by atoms with Crippen molar-refractivity contribution in [3.63, 3.8) is 0 Å². The first kappa shape index (κ1) is 31.5. The predicted molar refractivity (Wildman–Crippen MR) is 148 cm³/mol. The summed E-state index contributed by atoms with van der Waals surface area (Å²) in [5, 5.41) is 35.8. The van der Waals surface area contributed by atoms with Crippen LogP contribution in [0.25, 0.3) is 10.9 Å². The molecule has 0 spiro atoms. The van der Waals surface area contributed by atoms with Crippen LogP contribution >= 0.6 is 11.6 Å². The molecule has 2 atom stereocenters. The minimum absolute atomic E-state index is 0. The number of carbonyl (C=O) groups is 2. The van der Waals surface area contributed by atoms with E-state index in [1.165, 1.54) is 6.20 Å². The number of nitrogens with zero attached hydrogens (tertiary/aromatic N) is 1. The summed E-state index contributed by atoms with van der Waals surface area (Å²) >= 11 is 6.00. The van der Waals surface area contributed by atoms with Crippen LogP contribution in [0.3, 0.4) is 0 Å². The molecule has 0 unspecified atom stereocenters. The average Bonchev–Trinajstić information content (AvgIpc) is 2.94. The second-order valence-electron chi connectivity index (χ2n) is 8.90. The molecule has 9 nitrogen and oxygen atoms in total. The quantitative estimate of drug-likeness (QED) is 0.157. The number of aliphatic carboxylic acids is 1. The molecular weight excluding hydrogens is 545 g/mol. The number of fused-ring (bicyclic) bond motifs is 1. The van der Waals surface area contributed by atoms with Crippen LogP contribution in [0.2, 0.25) is 5.02 Å². The van der Waals surface area contributed by atoms with Crippen LogP contribution in [0.15, 0.2) is 79.0 Å². The van der Waals surface area contributed by atoms with Crippen molar-refractivity contribution in [2.24, 2.45) is 0 Å². The van der Waals surface area contributed by atoms with Gasteiger partial charge in [-0.05, 0) is 60.0 Å². The summed E-state index contributed by atoms with van der Waals surface area (Å²) in [6.07, 6.45) is 1.30. The maximum Gasteiger partial charge on any atom is 1.00 e. The van der Waals surface area contributed by atoms with Crippen LogP contribution in [0.4, 0.5) is 0 Å². The van der Waals surface area contributed by atoms with Crippen LogP contribution in [0.1, 0.15) is 29.0 Å². The van der Waals surface area contributed by atoms with Crippen molar-refractivity contribution in [3.8, 4) is 11.5 Å². The van der Waals surface area contributed by atoms with Crippen molar-refractivity contribution in [3.05, 3.63) is 101 Å². The predicted octanol–water partition coefficient (Wildman–Crippen LogP) is 0.838. The monoisotopic (exact) mass is 573 g/mol. The molecule has 0 radical (unpaired) electrons. The molecule has 0 fully saturated rings. The van der Waals surface area contributed by atoms with Gasteiger partial charge in [-0.3, -0.25) is 14.6 Å². The van der Waals surface area contributed by atoms with E-state index in [1.54, 1.807) is 60.7 Å². The number of ether oxygens (including phenoxy) is 1. The van der Waals surface area contributed by atoms with Crippen molar-refractivity contribution in [2.45, 2.75) is 18.6 Å². The molecule has 0 aliphatic carbocycles. The molecular formula is C29H29ClN3NaO6. The molecule has 0 saturated carbocycles. The minimum atomic E-state index is -1.14. The third-order valence-electron chi connectivity index (χ3n) is 6.06. The van der Waals surface area contributed by atoms with E-state index in [0.717, 1.165) is 5.56 Å². The third-order valence-corrected chi connectivity index (χ3v) is 6.30. The van der Waals surface area contributed by atoms with Gasteiger partial charge in [0, 0.05) is 29.2 Å². The summed E-state index contributed by atoms with van der Waals surface area (Å²) in [5.74, 6) is -0.619. The second-order valence-corrected chi connectivity index (χ2v) is 9.33. The van der Waals surface area contributed by atoms with Gasteiger partial charge in [0.15, 0.2) is 0 Å². The van der Waals surface area contributed by atoms with Gasteiger partial charge in [0.1, 0.15) is 18.0 Å². The number of halogens is 1. The van der Waals surface area contributed by atoms with Gasteiger partial charge in [0.25, 0.3) is 5.91 Å². The number of benzene rings is 3. The van der Waals surface area contributed by atoms with Gasteiger partial charge < -0.3 is 32.1 Å². The van der Waals surface area contributed by atoms with E-state index >= 15 is 0 Å². The largest absolute Gasteiger partial charge is 1.00 e. The zero-order valence-electron chi connectivity index (χ0n) is 22.9. The minimum Gasteiger partial charge on any atom is -1.00 e. The van der Waals surface area contributed by atoms with Crippen LogP contribution < -0.4 is 44.9 Å². The normalized spacial score (nSPS) is 12.3. The number of hydrogen-bond acceptors (Lipinski definition) is 7. The SMILES string of the molecule is O=C(O)CNC(=O)c1cccc2c(Oc3ccc(C[C@@H](CO)NC[C@@H](O)c4cccc(Cl)c4)cc3)ccnc12.[H-].[Na+]. The molecule has 0 aliphatic heterocycles. The number of carboxylic acid groups (broad SMARTS) is 1. The Bertz CT molecular complexity index is 1460. The zero-order valence-corrected chi connectivity index (χ0v) is 24.6. The topological polar surface area (TPSA) is 141 Å². The Morgan fingerprint density at radius 1 is 1.05 bits per heavy atom. The summed E-state index contributed by atoms with van der Waals surface area (Å²) in [6.45, 7) is -0.336. The molecule has 204 valence electrons. The number of hydrogen-bond donors (Lipinski definition) is 5. The first-order chi connectivity index (χ1) is 18.8. The number of amides is 1. The Hall–Kier alpha value is -3.02. The standard InChI is InChI=1S/C29H28ClN3O6.Na.H/c30-20-4-1-3-19(14-20)25(35)15-32-21(17-34)13-18-7-9-22(10-8-18)39-26-11-12-31-28-23(26)5-2-6-24(28)29(38)33-16-27(36)37;;/h1-12,14,21,25,32,34-35H,13,15-17H2,(H,33,38)(H,36,37);;/q;+1;-1/t21-,25+;;/m0../s1. The molecule has 40 heavy (non-hydrogen) atoms. The van der Waals surface area contributed by atoms with E-state index < -0.39 is 24.5 Å². The summed E-state index contributed by atoms with van der Waals surface area (Å²) in [7, 11) is 0. The third kappa shape index (κ3) is 8.49. The number of pyridine rings is 1. The Morgan fingerprint density at radius 2 is 1.80 bits per heavy atom. The van der Waals surface area contributed by atoms with E-state index in [9.17, 15) is 19.8 Å². The first-order valence-corrected chi connectivity index (χ1v) is 12.6. The summed E-state index contributed by atoms with van der Waals surface area (Å²) in [6, 6.07) is 20.9. The zero-order chi connectivity index (χ0) is 27.8. The van der Waals surface area contributed by atoms with Crippen LogP contribution in [-0.4, -0.2) is 57.9 Å². The van der Waals surface area contributed by atoms with Crippen LogP contribution in [-0.2, 0) is 11.2 Å². The van der Waals surface area contributed by atoms with Gasteiger partial charge in [-0.1, -0.05) is 41.9 Å². The Balaban J connectivity index is 0.00000294. The van der Waals surface area contributed by atoms with Crippen molar-refractivity contribution < 1.29 is 60.6 Å². The molecule has 1 aromatic heterocycles. The first-order valence-electron chi connectivity index (χ1n) is 12.3. The van der Waals surface area contributed by atoms with Crippen molar-refractivity contribution in [1.82, 2.24) is 15.6 Å². The second kappa shape index (κ2) is 15.1. The molecule has 4 rings (SSSR count). The van der Waals surface area contributed by atoms with Crippen molar-refractivity contribution >= 4 is 34.4 Å². The van der Waals surface area contributed by atoms with E-state index in [1.807, 2.05) is 12.1 Å². The van der Waals surface area contributed by atoms with E-state index in [4.69, 9.17) is 21.4 Å². The summed E-state index contributed by atoms with van der Waals surface area (Å²) < 4.78 is 6.07. The van der Waals surface area contributed by atoms with E-state index in [0.29, 0.717) is 39.4 Å².